The van der Waals surface area contributed by atoms with Crippen molar-refractivity contribution >= 4 is 27.7 Å². The summed E-state index contributed by atoms with van der Waals surface area (Å²) >= 11 is 0. The number of aliphatic hydroxyl groups excluding tert-OH is 1. The molecule has 0 spiro atoms. The fraction of sp³-hybridized carbons (Fsp3) is 0.172. The maximum atomic E-state index is 13.5. The maximum absolute atomic E-state index is 13.5. The van der Waals surface area contributed by atoms with Crippen molar-refractivity contribution in [2.45, 2.75) is 26.3 Å². The number of benzene rings is 3. The van der Waals surface area contributed by atoms with Gasteiger partial charge in [-0.1, -0.05) is 48.5 Å². The van der Waals surface area contributed by atoms with Crippen molar-refractivity contribution in [3.63, 3.8) is 0 Å². The summed E-state index contributed by atoms with van der Waals surface area (Å²) in [5.74, 6) is -0.220. The maximum Gasteiger partial charge on any atom is 0.252 e. The smallest absolute Gasteiger partial charge is 0.252 e. The molecule has 0 aliphatic rings. The molecule has 3 N–H and O–H groups in total. The summed E-state index contributed by atoms with van der Waals surface area (Å²) in [5.41, 5.74) is 7.54. The van der Waals surface area contributed by atoms with Crippen LogP contribution in [0.5, 0.6) is 0 Å². The van der Waals surface area contributed by atoms with Crippen molar-refractivity contribution < 1.29 is 9.90 Å². The summed E-state index contributed by atoms with van der Waals surface area (Å²) in [7, 11) is 0. The van der Waals surface area contributed by atoms with Crippen molar-refractivity contribution in [1.29, 1.82) is 0 Å². The third kappa shape index (κ3) is 4.18. The first-order valence-electron chi connectivity index (χ1n) is 11.5. The summed E-state index contributed by atoms with van der Waals surface area (Å²) in [6, 6.07) is 23.3. The number of hydrogen-bond acceptors (Lipinski definition) is 3. The highest BCUT2D eigenvalue weighted by atomic mass is 16.3. The molecular weight excluding hydrogens is 422 g/mol. The van der Waals surface area contributed by atoms with E-state index in [0.717, 1.165) is 38.6 Å². The number of nitrogens with zero attached hydrogens (tertiary/aromatic N) is 1. The molecule has 0 unspecified atom stereocenters. The van der Waals surface area contributed by atoms with Crippen LogP contribution in [0.4, 0.5) is 0 Å². The molecule has 0 saturated heterocycles. The number of carbonyl (C=O) groups excluding carboxylic acids is 1. The fourth-order valence-electron chi connectivity index (χ4n) is 4.40. The highest BCUT2D eigenvalue weighted by molar-refractivity contribution is 6.07. The van der Waals surface area contributed by atoms with Gasteiger partial charge in [0.05, 0.1) is 29.4 Å². The Bertz CT molecular complexity index is 1500. The number of aromatic amines is 1. The Balaban J connectivity index is 1.48. The molecule has 2 aromatic heterocycles. The molecule has 0 aliphatic carbocycles. The van der Waals surface area contributed by atoms with Gasteiger partial charge >= 0.3 is 0 Å². The Hall–Kier alpha value is -3.96. The van der Waals surface area contributed by atoms with Crippen molar-refractivity contribution in [2.75, 3.05) is 6.61 Å². The number of para-hydroxylation sites is 2. The van der Waals surface area contributed by atoms with Crippen LogP contribution in [0.1, 0.15) is 27.0 Å². The van der Waals surface area contributed by atoms with Crippen molar-refractivity contribution in [2.24, 2.45) is 0 Å². The summed E-state index contributed by atoms with van der Waals surface area (Å²) < 4.78 is 0. The minimum Gasteiger partial charge on any atom is -0.394 e. The van der Waals surface area contributed by atoms with Gasteiger partial charge < -0.3 is 15.4 Å². The number of aryl methyl sites for hydroxylation is 2. The molecule has 5 rings (SSSR count). The van der Waals surface area contributed by atoms with Gasteiger partial charge in [-0.05, 0) is 61.2 Å². The SMILES string of the molecule is Cc1ccc(-c2cc(C(=O)N[C@@H](CO)Cc3c[nH]c4ccccc34)c3ccccc3n2)cc1C. The predicted molar refractivity (Wildman–Crippen MR) is 137 cm³/mol. The van der Waals surface area contributed by atoms with Gasteiger partial charge in [0.2, 0.25) is 0 Å². The van der Waals surface area contributed by atoms with Crippen molar-refractivity contribution in [3.05, 3.63) is 101 Å². The average molecular weight is 450 g/mol. The Morgan fingerprint density at radius 3 is 2.53 bits per heavy atom. The van der Waals surface area contributed by atoms with Crippen LogP contribution in [-0.2, 0) is 6.42 Å². The predicted octanol–water partition coefficient (Wildman–Crippen LogP) is 5.33. The lowest BCUT2D eigenvalue weighted by Crippen LogP contribution is -2.39. The molecule has 5 heteroatoms. The van der Waals surface area contributed by atoms with E-state index in [-0.39, 0.29) is 12.5 Å². The Kier molecular flexibility index (Phi) is 5.86. The monoisotopic (exact) mass is 449 g/mol. The van der Waals surface area contributed by atoms with Gasteiger partial charge in [-0.25, -0.2) is 4.98 Å². The highest BCUT2D eigenvalue weighted by Crippen LogP contribution is 2.27. The number of amides is 1. The highest BCUT2D eigenvalue weighted by Gasteiger charge is 2.19. The van der Waals surface area contributed by atoms with Gasteiger partial charge in [0.15, 0.2) is 0 Å². The van der Waals surface area contributed by atoms with Crippen LogP contribution in [0.3, 0.4) is 0 Å². The van der Waals surface area contributed by atoms with E-state index in [1.54, 1.807) is 0 Å². The van der Waals surface area contributed by atoms with E-state index in [1.165, 1.54) is 11.1 Å². The number of fused-ring (bicyclic) bond motifs is 2. The molecule has 170 valence electrons. The summed E-state index contributed by atoms with van der Waals surface area (Å²) in [4.78, 5) is 21.5. The van der Waals surface area contributed by atoms with Crippen molar-refractivity contribution in [1.82, 2.24) is 15.3 Å². The average Bonchev–Trinajstić information content (AvgIpc) is 3.27. The first-order chi connectivity index (χ1) is 16.5. The van der Waals surface area contributed by atoms with Crippen LogP contribution in [0.2, 0.25) is 0 Å². The second-order valence-electron chi connectivity index (χ2n) is 8.79. The summed E-state index contributed by atoms with van der Waals surface area (Å²) in [5, 5.41) is 15.0. The van der Waals surface area contributed by atoms with E-state index in [9.17, 15) is 9.90 Å². The molecule has 0 bridgehead atoms. The second kappa shape index (κ2) is 9.12. The molecule has 5 aromatic rings. The molecular formula is C29H27N3O2. The third-order valence-electron chi connectivity index (χ3n) is 6.46. The zero-order valence-corrected chi connectivity index (χ0v) is 19.3. The number of aromatic nitrogens is 2. The van der Waals surface area contributed by atoms with Crippen molar-refractivity contribution in [3.8, 4) is 11.3 Å². The molecule has 1 atom stereocenters. The second-order valence-corrected chi connectivity index (χ2v) is 8.79. The molecule has 0 radical (unpaired) electrons. The zero-order chi connectivity index (χ0) is 23.7. The summed E-state index contributed by atoms with van der Waals surface area (Å²) in [6.07, 6.45) is 2.47. The number of aliphatic hydroxyl groups is 1. The van der Waals surface area contributed by atoms with Gasteiger partial charge in [-0.3, -0.25) is 4.79 Å². The Morgan fingerprint density at radius 1 is 0.971 bits per heavy atom. The number of nitrogens with one attached hydrogen (secondary N) is 2. The van der Waals surface area contributed by atoms with Gasteiger partial charge in [0.1, 0.15) is 0 Å². The molecule has 3 aromatic carbocycles. The normalized spacial score (nSPS) is 12.2. The van der Waals surface area contributed by atoms with E-state index in [2.05, 4.69) is 36.3 Å². The summed E-state index contributed by atoms with van der Waals surface area (Å²) in [6.45, 7) is 4.00. The number of H-pyrrole nitrogens is 1. The Labute approximate surface area is 198 Å². The number of pyridine rings is 1. The Morgan fingerprint density at radius 2 is 1.74 bits per heavy atom. The molecule has 1 amide bonds. The lowest BCUT2D eigenvalue weighted by Gasteiger charge is -2.17. The van der Waals surface area contributed by atoms with Crippen LogP contribution in [0.25, 0.3) is 33.1 Å². The molecule has 0 saturated carbocycles. The molecule has 0 fully saturated rings. The van der Waals surface area contributed by atoms with E-state index in [4.69, 9.17) is 4.98 Å². The number of rotatable bonds is 6. The minimum absolute atomic E-state index is 0.154. The van der Waals surface area contributed by atoms with Gasteiger partial charge in [-0.2, -0.15) is 0 Å². The van der Waals surface area contributed by atoms with Crippen LogP contribution in [0.15, 0.2) is 79.0 Å². The number of hydrogen-bond donors (Lipinski definition) is 3. The van der Waals surface area contributed by atoms with Crippen LogP contribution in [0, 0.1) is 13.8 Å². The fourth-order valence-corrected chi connectivity index (χ4v) is 4.40. The number of carbonyl (C=O) groups is 1. The first-order valence-corrected chi connectivity index (χ1v) is 11.5. The van der Waals surface area contributed by atoms with Gasteiger partial charge in [0, 0.05) is 28.0 Å². The van der Waals surface area contributed by atoms with Crippen LogP contribution < -0.4 is 5.32 Å². The van der Waals surface area contributed by atoms with E-state index in [1.807, 2.05) is 66.9 Å². The third-order valence-corrected chi connectivity index (χ3v) is 6.46. The topological polar surface area (TPSA) is 78.0 Å². The van der Waals surface area contributed by atoms with Crippen LogP contribution >= 0.6 is 0 Å². The largest absolute Gasteiger partial charge is 0.394 e. The van der Waals surface area contributed by atoms with Crippen LogP contribution in [-0.4, -0.2) is 33.6 Å². The molecule has 34 heavy (non-hydrogen) atoms. The molecule has 2 heterocycles. The van der Waals surface area contributed by atoms with E-state index in [0.29, 0.717) is 12.0 Å². The lowest BCUT2D eigenvalue weighted by atomic mass is 10.00. The van der Waals surface area contributed by atoms with Gasteiger partial charge in [0.25, 0.3) is 5.91 Å². The van der Waals surface area contributed by atoms with E-state index < -0.39 is 6.04 Å². The quantitative estimate of drug-likeness (QED) is 0.328. The standard InChI is InChI=1S/C29H27N3O2/c1-18-11-12-20(13-19(18)2)28-15-25(24-8-4-6-10-27(24)32-28)29(34)31-22(17-33)14-21-16-30-26-9-5-3-7-23(21)26/h3-13,15-16,22,30,33H,14,17H2,1-2H3,(H,31,34)/t22-/m1/s1. The molecule has 0 aliphatic heterocycles. The van der Waals surface area contributed by atoms with E-state index >= 15 is 0 Å². The van der Waals surface area contributed by atoms with Gasteiger partial charge in [-0.15, -0.1) is 0 Å². The minimum atomic E-state index is -0.413. The first kappa shape index (κ1) is 21.9. The lowest BCUT2D eigenvalue weighted by molar-refractivity contribution is 0.0918. The molecule has 5 nitrogen and oxygen atoms in total. The zero-order valence-electron chi connectivity index (χ0n) is 19.3.